The number of rotatable bonds is 8. The molecule has 268 valence electrons. The van der Waals surface area contributed by atoms with Crippen molar-refractivity contribution in [1.29, 1.82) is 0 Å². The Bertz CT molecular complexity index is 3280. The predicted octanol–water partition coefficient (Wildman–Crippen LogP) is 14.2. The van der Waals surface area contributed by atoms with E-state index in [2.05, 4.69) is 128 Å². The van der Waals surface area contributed by atoms with E-state index in [1.54, 1.807) is 6.08 Å². The molecule has 56 heavy (non-hydrogen) atoms. The molecule has 0 atom stereocenters. The molecule has 2 N–H and O–H groups in total. The third-order valence-corrected chi connectivity index (χ3v) is 11.8. The molecule has 0 radical (unpaired) electrons. The minimum atomic E-state index is 0.411. The fraction of sp³-hybridized carbons (Fsp3) is 0.0392. The summed E-state index contributed by atoms with van der Waals surface area (Å²) in [6.07, 6.45) is 7.87. The van der Waals surface area contributed by atoms with E-state index in [-0.39, 0.29) is 0 Å². The van der Waals surface area contributed by atoms with Gasteiger partial charge in [0.1, 0.15) is 28.2 Å². The van der Waals surface area contributed by atoms with Crippen LogP contribution in [-0.2, 0) is 6.54 Å². The summed E-state index contributed by atoms with van der Waals surface area (Å²) in [7, 11) is 0. The average molecular weight is 741 g/mol. The standard InChI is InChI=1S/C51H36N2O2S/c1-3-10-31(11-4-2)32-12-7-13-36(26-32)51(52)53-30-37-14-8-17-45-49(37)41-28-35(22-25-43(41)54-45)38-16-9-18-46-50(38)42-27-33(21-24-44(42)55-46)34-20-23-40-39-15-5-6-19-47(39)56-48(40)29-34/h3-29H,1,30H2,2H3,(H2,52,53)/b11-4-,31-10+. The van der Waals surface area contributed by atoms with E-state index in [0.29, 0.717) is 12.4 Å². The number of nitrogens with two attached hydrogens (primary N) is 1. The van der Waals surface area contributed by atoms with Gasteiger partial charge in [-0.05, 0) is 100 Å². The maximum atomic E-state index is 6.63. The van der Waals surface area contributed by atoms with Crippen molar-refractivity contribution in [2.24, 2.45) is 10.7 Å². The van der Waals surface area contributed by atoms with Crippen molar-refractivity contribution >= 4 is 86.8 Å². The molecular formula is C51H36N2O2S. The van der Waals surface area contributed by atoms with E-state index in [1.807, 2.05) is 54.7 Å². The summed E-state index contributed by atoms with van der Waals surface area (Å²) >= 11 is 1.84. The molecule has 10 rings (SSSR count). The number of allylic oxidation sites excluding steroid dienone is 5. The monoisotopic (exact) mass is 740 g/mol. The number of furan rings is 2. The van der Waals surface area contributed by atoms with Crippen LogP contribution in [-0.4, -0.2) is 5.84 Å². The van der Waals surface area contributed by atoms with Crippen molar-refractivity contribution in [3.05, 3.63) is 187 Å². The van der Waals surface area contributed by atoms with E-state index in [4.69, 9.17) is 19.6 Å². The second-order valence-electron chi connectivity index (χ2n) is 14.0. The van der Waals surface area contributed by atoms with Gasteiger partial charge in [-0.15, -0.1) is 11.3 Å². The molecule has 4 nitrogen and oxygen atoms in total. The molecule has 0 aliphatic rings. The first-order chi connectivity index (χ1) is 27.6. The van der Waals surface area contributed by atoms with Gasteiger partial charge in [-0.3, -0.25) is 4.99 Å². The topological polar surface area (TPSA) is 64.7 Å². The van der Waals surface area contributed by atoms with Gasteiger partial charge in [0.05, 0.1) is 6.54 Å². The maximum Gasteiger partial charge on any atom is 0.136 e. The minimum absolute atomic E-state index is 0.411. The van der Waals surface area contributed by atoms with Gasteiger partial charge in [-0.1, -0.05) is 116 Å². The summed E-state index contributed by atoms with van der Waals surface area (Å²) in [5, 5.41) is 6.88. The Labute approximate surface area is 327 Å². The largest absolute Gasteiger partial charge is 0.456 e. The van der Waals surface area contributed by atoms with Crippen LogP contribution in [0.2, 0.25) is 0 Å². The molecule has 7 aromatic carbocycles. The number of thiophene rings is 1. The molecule has 3 aromatic heterocycles. The molecule has 3 heterocycles. The maximum absolute atomic E-state index is 6.63. The Morgan fingerprint density at radius 3 is 2.14 bits per heavy atom. The number of amidine groups is 1. The lowest BCUT2D eigenvalue weighted by Crippen LogP contribution is -2.14. The molecule has 0 saturated carbocycles. The van der Waals surface area contributed by atoms with Crippen molar-refractivity contribution < 1.29 is 8.83 Å². The normalized spacial score (nSPS) is 12.7. The van der Waals surface area contributed by atoms with E-state index >= 15 is 0 Å². The van der Waals surface area contributed by atoms with Crippen LogP contribution in [0.25, 0.3) is 91.9 Å². The summed E-state index contributed by atoms with van der Waals surface area (Å²) < 4.78 is 15.5. The fourth-order valence-corrected chi connectivity index (χ4v) is 9.17. The second kappa shape index (κ2) is 13.7. The van der Waals surface area contributed by atoms with Gasteiger partial charge < -0.3 is 14.6 Å². The highest BCUT2D eigenvalue weighted by molar-refractivity contribution is 7.25. The van der Waals surface area contributed by atoms with Gasteiger partial charge in [0.25, 0.3) is 0 Å². The van der Waals surface area contributed by atoms with Crippen molar-refractivity contribution in [2.45, 2.75) is 13.5 Å². The quantitative estimate of drug-likeness (QED) is 0.0958. The van der Waals surface area contributed by atoms with Crippen LogP contribution < -0.4 is 5.73 Å². The zero-order chi connectivity index (χ0) is 37.8. The first-order valence-corrected chi connectivity index (χ1v) is 19.6. The zero-order valence-corrected chi connectivity index (χ0v) is 31.6. The minimum Gasteiger partial charge on any atom is -0.456 e. The molecule has 0 fully saturated rings. The fourth-order valence-electron chi connectivity index (χ4n) is 8.03. The van der Waals surface area contributed by atoms with Gasteiger partial charge in [0.15, 0.2) is 0 Å². The van der Waals surface area contributed by atoms with Gasteiger partial charge in [-0.2, -0.15) is 0 Å². The first-order valence-electron chi connectivity index (χ1n) is 18.7. The number of fused-ring (bicyclic) bond motifs is 9. The Balaban J connectivity index is 1.04. The summed E-state index contributed by atoms with van der Waals surface area (Å²) in [5.74, 6) is 0.484. The molecule has 10 aromatic rings. The van der Waals surface area contributed by atoms with E-state index < -0.39 is 0 Å². The van der Waals surface area contributed by atoms with E-state index in [0.717, 1.165) is 82.8 Å². The number of benzene rings is 7. The lowest BCUT2D eigenvalue weighted by Gasteiger charge is -2.07. The van der Waals surface area contributed by atoms with E-state index in [1.165, 1.54) is 25.7 Å². The van der Waals surface area contributed by atoms with Gasteiger partial charge >= 0.3 is 0 Å². The highest BCUT2D eigenvalue weighted by Gasteiger charge is 2.17. The molecule has 0 unspecified atom stereocenters. The summed E-state index contributed by atoms with van der Waals surface area (Å²) in [4.78, 5) is 4.89. The molecule has 0 bridgehead atoms. The molecule has 5 heteroatoms. The van der Waals surface area contributed by atoms with Crippen LogP contribution >= 0.6 is 11.3 Å². The summed E-state index contributed by atoms with van der Waals surface area (Å²) in [5.41, 5.74) is 18.6. The van der Waals surface area contributed by atoms with Crippen molar-refractivity contribution in [3.8, 4) is 22.3 Å². The van der Waals surface area contributed by atoms with Crippen LogP contribution in [0.5, 0.6) is 0 Å². The average Bonchev–Trinajstić information content (AvgIpc) is 3.93. The van der Waals surface area contributed by atoms with Crippen LogP contribution in [0, 0.1) is 0 Å². The number of aliphatic imine (C=N–C) groups is 1. The molecule has 0 amide bonds. The highest BCUT2D eigenvalue weighted by Crippen LogP contribution is 2.42. The zero-order valence-electron chi connectivity index (χ0n) is 30.8. The second-order valence-corrected chi connectivity index (χ2v) is 15.1. The van der Waals surface area contributed by atoms with Gasteiger partial charge in [0.2, 0.25) is 0 Å². The molecule has 0 saturated heterocycles. The molecule has 0 spiro atoms. The lowest BCUT2D eigenvalue weighted by molar-refractivity contribution is 0.668. The van der Waals surface area contributed by atoms with Gasteiger partial charge in [-0.25, -0.2) is 0 Å². The Morgan fingerprint density at radius 1 is 0.625 bits per heavy atom. The van der Waals surface area contributed by atoms with Crippen molar-refractivity contribution in [1.82, 2.24) is 0 Å². The molecule has 0 aliphatic carbocycles. The summed E-state index contributed by atoms with van der Waals surface area (Å²) in [6, 6.07) is 49.0. The van der Waals surface area contributed by atoms with Crippen LogP contribution in [0.4, 0.5) is 0 Å². The van der Waals surface area contributed by atoms with Gasteiger partial charge in [0, 0.05) is 47.3 Å². The SMILES string of the molecule is C=C/C=C(\C=C/C)c1cccc(C(N)=NCc2cccc3oc4ccc(-c5cccc6oc7ccc(-c8ccc9c(c8)sc8ccccc89)cc7c56)cc4c23)c1. The Morgan fingerprint density at radius 2 is 1.30 bits per heavy atom. The summed E-state index contributed by atoms with van der Waals surface area (Å²) in [6.45, 7) is 6.29. The van der Waals surface area contributed by atoms with Crippen molar-refractivity contribution in [2.75, 3.05) is 0 Å². The smallest absolute Gasteiger partial charge is 0.136 e. The third kappa shape index (κ3) is 5.72. The number of hydrogen-bond acceptors (Lipinski definition) is 4. The Kier molecular flexibility index (Phi) is 8.23. The lowest BCUT2D eigenvalue weighted by atomic mass is 9.96. The Hall–Kier alpha value is -6.95. The highest BCUT2D eigenvalue weighted by atomic mass is 32.1. The van der Waals surface area contributed by atoms with Crippen LogP contribution in [0.3, 0.4) is 0 Å². The predicted molar refractivity (Wildman–Crippen MR) is 239 cm³/mol. The third-order valence-electron chi connectivity index (χ3n) is 10.7. The van der Waals surface area contributed by atoms with Crippen LogP contribution in [0.1, 0.15) is 23.6 Å². The van der Waals surface area contributed by atoms with Crippen molar-refractivity contribution in [3.63, 3.8) is 0 Å². The van der Waals surface area contributed by atoms with Crippen LogP contribution in [0.15, 0.2) is 184 Å². The number of nitrogens with zero attached hydrogens (tertiary/aromatic N) is 1. The van der Waals surface area contributed by atoms with E-state index in [9.17, 15) is 0 Å². The first kappa shape index (κ1) is 33.6. The molecular weight excluding hydrogens is 705 g/mol. The molecule has 0 aliphatic heterocycles. The number of hydrogen-bond donors (Lipinski definition) is 1.